The molecule has 3 nitrogen and oxygen atoms in total. The Hall–Kier alpha value is -1.91. The molecule has 0 fully saturated rings. The summed E-state index contributed by atoms with van der Waals surface area (Å²) in [5, 5.41) is 1.49. The second kappa shape index (κ2) is 5.32. The Morgan fingerprint density at radius 2 is 2.09 bits per heavy atom. The molecule has 4 rings (SSSR count). The zero-order chi connectivity index (χ0) is 16.1. The Kier molecular flexibility index (Phi) is 3.39. The molecule has 0 bridgehead atoms. The van der Waals surface area contributed by atoms with E-state index in [0.29, 0.717) is 11.6 Å². The first-order valence-electron chi connectivity index (χ1n) is 7.52. The molecule has 0 spiro atoms. The smallest absolute Gasteiger partial charge is 0.262 e. The fourth-order valence-corrected chi connectivity index (χ4v) is 4.25. The quantitative estimate of drug-likeness (QED) is 0.644. The normalized spacial score (nSPS) is 15.5. The van der Waals surface area contributed by atoms with Gasteiger partial charge in [-0.1, -0.05) is 29.8 Å². The van der Waals surface area contributed by atoms with Crippen LogP contribution in [0, 0.1) is 13.8 Å². The van der Waals surface area contributed by atoms with Crippen LogP contribution in [0.15, 0.2) is 29.1 Å². The summed E-state index contributed by atoms with van der Waals surface area (Å²) in [7, 11) is 0. The third kappa shape index (κ3) is 2.25. The minimum absolute atomic E-state index is 0.0782. The highest BCUT2D eigenvalue weighted by molar-refractivity contribution is 7.18. The van der Waals surface area contributed by atoms with Crippen molar-refractivity contribution >= 4 is 44.8 Å². The molecule has 116 valence electrons. The Morgan fingerprint density at radius 3 is 2.87 bits per heavy atom. The molecule has 1 aromatic carbocycles. The van der Waals surface area contributed by atoms with Crippen LogP contribution in [-0.2, 0) is 6.54 Å². The van der Waals surface area contributed by atoms with Gasteiger partial charge in [0.05, 0.1) is 5.39 Å². The summed E-state index contributed by atoms with van der Waals surface area (Å²) in [5.74, 6) is 0.781. The van der Waals surface area contributed by atoms with Crippen LogP contribution in [0.4, 0.5) is 0 Å². The summed E-state index contributed by atoms with van der Waals surface area (Å²) >= 11 is 7.84. The van der Waals surface area contributed by atoms with E-state index in [1.165, 1.54) is 0 Å². The van der Waals surface area contributed by atoms with E-state index >= 15 is 0 Å². The van der Waals surface area contributed by atoms with Gasteiger partial charge < -0.3 is 0 Å². The van der Waals surface area contributed by atoms with Crippen LogP contribution < -0.4 is 5.56 Å². The van der Waals surface area contributed by atoms with Gasteiger partial charge in [-0.2, -0.15) is 0 Å². The molecular weight excluding hydrogens is 328 g/mol. The summed E-state index contributed by atoms with van der Waals surface area (Å²) < 4.78 is 1.80. The molecule has 0 saturated heterocycles. The highest BCUT2D eigenvalue weighted by Crippen LogP contribution is 2.32. The second-order valence-electron chi connectivity index (χ2n) is 5.80. The van der Waals surface area contributed by atoms with E-state index in [0.717, 1.165) is 44.0 Å². The molecule has 0 radical (unpaired) electrons. The van der Waals surface area contributed by atoms with Crippen LogP contribution in [0.2, 0.25) is 5.02 Å². The van der Waals surface area contributed by atoms with Gasteiger partial charge in [-0.3, -0.25) is 9.36 Å². The summed E-state index contributed by atoms with van der Waals surface area (Å²) in [4.78, 5) is 19.6. The van der Waals surface area contributed by atoms with Crippen LogP contribution in [0.5, 0.6) is 0 Å². The number of aromatic nitrogens is 2. The summed E-state index contributed by atoms with van der Waals surface area (Å²) in [6.45, 7) is 4.72. The highest BCUT2D eigenvalue weighted by Gasteiger charge is 2.23. The van der Waals surface area contributed by atoms with Crippen LogP contribution >= 0.6 is 22.9 Å². The Labute approximate surface area is 142 Å². The van der Waals surface area contributed by atoms with Gasteiger partial charge in [-0.05, 0) is 49.1 Å². The molecule has 0 unspecified atom stereocenters. The molecule has 1 aliphatic rings. The number of halogens is 1. The Balaban J connectivity index is 1.94. The molecule has 23 heavy (non-hydrogen) atoms. The maximum atomic E-state index is 12.8. The van der Waals surface area contributed by atoms with E-state index in [1.54, 1.807) is 15.9 Å². The summed E-state index contributed by atoms with van der Waals surface area (Å²) in [6, 6.07) is 7.73. The molecule has 0 atom stereocenters. The lowest BCUT2D eigenvalue weighted by Gasteiger charge is -2.04. The van der Waals surface area contributed by atoms with E-state index in [9.17, 15) is 4.79 Å². The number of nitrogens with zero attached hydrogens (tertiary/aromatic N) is 2. The van der Waals surface area contributed by atoms with Gasteiger partial charge in [-0.25, -0.2) is 4.98 Å². The fraction of sp³-hybridized carbons (Fsp3) is 0.222. The summed E-state index contributed by atoms with van der Waals surface area (Å²) in [5.41, 5.74) is 3.17. The molecule has 3 heterocycles. The van der Waals surface area contributed by atoms with Gasteiger partial charge in [0.2, 0.25) is 0 Å². The van der Waals surface area contributed by atoms with Crippen molar-refractivity contribution in [3.8, 4) is 0 Å². The standard InChI is InChI=1S/C18H15ClN2OS/c1-10-11(2)23-17-15(10)18(22)21-8-7-13(16(21)20-17)9-12-5-3-4-6-14(12)19/h3-6,9H,7-8H2,1-2H3. The molecular formula is C18H15ClN2OS. The lowest BCUT2D eigenvalue weighted by molar-refractivity contribution is 0.726. The molecule has 5 heteroatoms. The number of allylic oxidation sites excluding steroid dienone is 1. The van der Waals surface area contributed by atoms with Crippen LogP contribution in [0.3, 0.4) is 0 Å². The van der Waals surface area contributed by atoms with Crippen molar-refractivity contribution in [1.29, 1.82) is 0 Å². The predicted octanol–water partition coefficient (Wildman–Crippen LogP) is 4.67. The minimum atomic E-state index is 0.0782. The third-order valence-electron chi connectivity index (χ3n) is 4.42. The first-order chi connectivity index (χ1) is 11.1. The van der Waals surface area contributed by atoms with Crippen molar-refractivity contribution in [3.63, 3.8) is 0 Å². The first-order valence-corrected chi connectivity index (χ1v) is 8.71. The first kappa shape index (κ1) is 14.7. The van der Waals surface area contributed by atoms with Gasteiger partial charge in [0.15, 0.2) is 0 Å². The van der Waals surface area contributed by atoms with Crippen molar-refractivity contribution in [2.45, 2.75) is 26.8 Å². The largest absolute Gasteiger partial charge is 0.292 e. The van der Waals surface area contributed by atoms with Gasteiger partial charge in [0, 0.05) is 16.4 Å². The number of benzene rings is 1. The average Bonchev–Trinajstić information content (AvgIpc) is 3.05. The van der Waals surface area contributed by atoms with Crippen LogP contribution in [0.1, 0.15) is 28.2 Å². The molecule has 3 aromatic rings. The van der Waals surface area contributed by atoms with Gasteiger partial charge in [-0.15, -0.1) is 11.3 Å². The minimum Gasteiger partial charge on any atom is -0.292 e. The Morgan fingerprint density at radius 1 is 1.30 bits per heavy atom. The second-order valence-corrected chi connectivity index (χ2v) is 7.41. The molecule has 0 saturated carbocycles. The van der Waals surface area contributed by atoms with Crippen LogP contribution in [-0.4, -0.2) is 9.55 Å². The number of hydrogen-bond donors (Lipinski definition) is 0. The van der Waals surface area contributed by atoms with E-state index in [2.05, 4.69) is 0 Å². The highest BCUT2D eigenvalue weighted by atomic mass is 35.5. The number of thiophene rings is 1. The van der Waals surface area contributed by atoms with Crippen molar-refractivity contribution in [2.75, 3.05) is 0 Å². The monoisotopic (exact) mass is 342 g/mol. The third-order valence-corrected chi connectivity index (χ3v) is 5.86. The maximum Gasteiger partial charge on any atom is 0.262 e. The number of aryl methyl sites for hydroxylation is 2. The van der Waals surface area contributed by atoms with E-state index in [-0.39, 0.29) is 5.56 Å². The Bertz CT molecular complexity index is 1030. The van der Waals surface area contributed by atoms with Gasteiger partial charge >= 0.3 is 0 Å². The molecule has 0 N–H and O–H groups in total. The maximum absolute atomic E-state index is 12.8. The topological polar surface area (TPSA) is 34.9 Å². The predicted molar refractivity (Wildman–Crippen MR) is 97.3 cm³/mol. The lowest BCUT2D eigenvalue weighted by Crippen LogP contribution is -2.20. The van der Waals surface area contributed by atoms with Crippen LogP contribution in [0.25, 0.3) is 21.9 Å². The van der Waals surface area contributed by atoms with E-state index in [4.69, 9.17) is 16.6 Å². The number of rotatable bonds is 1. The SMILES string of the molecule is Cc1sc2nc3n(c(=O)c2c1C)CCC3=Cc1ccccc1Cl. The van der Waals surface area contributed by atoms with Crippen molar-refractivity contribution in [3.05, 3.63) is 61.5 Å². The summed E-state index contributed by atoms with van der Waals surface area (Å²) in [6.07, 6.45) is 2.86. The van der Waals surface area contributed by atoms with Gasteiger partial charge in [0.25, 0.3) is 5.56 Å². The van der Waals surface area contributed by atoms with Crippen molar-refractivity contribution in [1.82, 2.24) is 9.55 Å². The zero-order valence-electron chi connectivity index (χ0n) is 12.9. The number of fused-ring (bicyclic) bond motifs is 2. The van der Waals surface area contributed by atoms with Gasteiger partial charge in [0.1, 0.15) is 10.7 Å². The van der Waals surface area contributed by atoms with Crippen molar-refractivity contribution in [2.24, 2.45) is 0 Å². The molecule has 0 aliphatic carbocycles. The van der Waals surface area contributed by atoms with E-state index in [1.807, 2.05) is 44.2 Å². The van der Waals surface area contributed by atoms with Crippen molar-refractivity contribution < 1.29 is 0 Å². The lowest BCUT2D eigenvalue weighted by atomic mass is 10.1. The zero-order valence-corrected chi connectivity index (χ0v) is 14.5. The number of hydrogen-bond acceptors (Lipinski definition) is 3. The fourth-order valence-electron chi connectivity index (χ4n) is 3.04. The molecule has 2 aromatic heterocycles. The molecule has 0 amide bonds. The molecule has 1 aliphatic heterocycles. The average molecular weight is 343 g/mol. The van der Waals surface area contributed by atoms with E-state index < -0.39 is 0 Å².